The third kappa shape index (κ3) is 3.96. The highest BCUT2D eigenvalue weighted by atomic mass is 19.1. The summed E-state index contributed by atoms with van der Waals surface area (Å²) >= 11 is 0. The first-order valence-corrected chi connectivity index (χ1v) is 9.17. The number of carbonyl (C=O) groups excluding carboxylic acids is 3. The van der Waals surface area contributed by atoms with Crippen molar-refractivity contribution in [3.8, 4) is 0 Å². The Hall–Kier alpha value is -3.29. The third-order valence-electron chi connectivity index (χ3n) is 4.99. The summed E-state index contributed by atoms with van der Waals surface area (Å²) in [6.45, 7) is 3.30. The van der Waals surface area contributed by atoms with Crippen molar-refractivity contribution in [2.75, 3.05) is 13.1 Å². The molecule has 8 heteroatoms. The normalized spacial score (nSPS) is 18.7. The molecule has 29 heavy (non-hydrogen) atoms. The molecule has 1 heterocycles. The number of nitrogens with one attached hydrogen (secondary N) is 1. The van der Waals surface area contributed by atoms with Crippen LogP contribution in [0.1, 0.15) is 25.0 Å². The topological polar surface area (TPSA) is 69.7 Å². The number of hydrogen-bond donors (Lipinski definition) is 1. The van der Waals surface area contributed by atoms with Gasteiger partial charge in [0.2, 0.25) is 5.91 Å². The van der Waals surface area contributed by atoms with Crippen LogP contribution in [0.5, 0.6) is 0 Å². The predicted molar refractivity (Wildman–Crippen MR) is 101 cm³/mol. The first-order chi connectivity index (χ1) is 13.8. The molecule has 2 aromatic rings. The highest BCUT2D eigenvalue weighted by Gasteiger charge is 2.51. The second-order valence-corrected chi connectivity index (χ2v) is 6.96. The molecule has 0 spiro atoms. The van der Waals surface area contributed by atoms with Crippen molar-refractivity contribution in [1.29, 1.82) is 0 Å². The number of imide groups is 1. The maximum atomic E-state index is 14.2. The van der Waals surface area contributed by atoms with Crippen LogP contribution in [0.25, 0.3) is 0 Å². The summed E-state index contributed by atoms with van der Waals surface area (Å²) in [5.41, 5.74) is -1.17. The molecule has 1 atom stereocenters. The molecular formula is C21H21F2N3O3. The molecule has 2 aromatic carbocycles. The molecule has 4 amide bonds. The van der Waals surface area contributed by atoms with Gasteiger partial charge in [-0.25, -0.2) is 13.6 Å². The number of hydrogen-bond acceptors (Lipinski definition) is 3. The summed E-state index contributed by atoms with van der Waals surface area (Å²) in [5.74, 6) is -2.80. The van der Waals surface area contributed by atoms with Crippen LogP contribution in [0.4, 0.5) is 13.6 Å². The van der Waals surface area contributed by atoms with E-state index in [1.54, 1.807) is 6.92 Å². The lowest BCUT2D eigenvalue weighted by Gasteiger charge is -2.25. The average molecular weight is 401 g/mol. The molecule has 0 radical (unpaired) electrons. The second-order valence-electron chi connectivity index (χ2n) is 6.96. The molecular weight excluding hydrogens is 380 g/mol. The number of nitrogens with zero attached hydrogens (tertiary/aromatic N) is 2. The van der Waals surface area contributed by atoms with E-state index in [2.05, 4.69) is 5.32 Å². The van der Waals surface area contributed by atoms with Crippen LogP contribution >= 0.6 is 0 Å². The monoisotopic (exact) mass is 401 g/mol. The van der Waals surface area contributed by atoms with E-state index in [1.165, 1.54) is 11.8 Å². The van der Waals surface area contributed by atoms with Crippen molar-refractivity contribution in [2.45, 2.75) is 25.9 Å². The van der Waals surface area contributed by atoms with Gasteiger partial charge in [0.1, 0.15) is 23.7 Å². The van der Waals surface area contributed by atoms with Crippen LogP contribution in [-0.2, 0) is 21.7 Å². The van der Waals surface area contributed by atoms with Gasteiger partial charge < -0.3 is 10.2 Å². The molecule has 1 saturated heterocycles. The van der Waals surface area contributed by atoms with Gasteiger partial charge in [-0.2, -0.15) is 0 Å². The standard InChI is InChI=1S/C21H21F2N3O3/c1-3-25(12-14-7-5-4-6-8-14)18(27)13-26-19(28)21(2,24-20(26)29)16-11-15(22)9-10-17(16)23/h4-11H,3,12-13H2,1-2H3,(H,24,29)/t21-/m1/s1. The number of urea groups is 1. The summed E-state index contributed by atoms with van der Waals surface area (Å²) in [6.07, 6.45) is 0. The van der Waals surface area contributed by atoms with Crippen LogP contribution in [0.2, 0.25) is 0 Å². The van der Waals surface area contributed by atoms with Gasteiger partial charge >= 0.3 is 6.03 Å². The fourth-order valence-electron chi connectivity index (χ4n) is 3.32. The zero-order valence-corrected chi connectivity index (χ0v) is 16.1. The van der Waals surface area contributed by atoms with Gasteiger partial charge in [0.15, 0.2) is 0 Å². The Bertz CT molecular complexity index is 951. The number of benzene rings is 2. The third-order valence-corrected chi connectivity index (χ3v) is 4.99. The minimum absolute atomic E-state index is 0.289. The Morgan fingerprint density at radius 3 is 2.48 bits per heavy atom. The van der Waals surface area contributed by atoms with Crippen molar-refractivity contribution in [3.63, 3.8) is 0 Å². The Labute approximate surface area is 167 Å². The SMILES string of the molecule is CCN(Cc1ccccc1)C(=O)CN1C(=O)N[C@](C)(c2cc(F)ccc2F)C1=O. The van der Waals surface area contributed by atoms with E-state index in [0.717, 1.165) is 28.7 Å². The molecule has 6 nitrogen and oxygen atoms in total. The van der Waals surface area contributed by atoms with Crippen molar-refractivity contribution < 1.29 is 23.2 Å². The van der Waals surface area contributed by atoms with Crippen LogP contribution in [0.15, 0.2) is 48.5 Å². The van der Waals surface area contributed by atoms with E-state index in [1.807, 2.05) is 30.3 Å². The summed E-state index contributed by atoms with van der Waals surface area (Å²) in [5, 5.41) is 2.39. The van der Waals surface area contributed by atoms with E-state index in [4.69, 9.17) is 0 Å². The largest absolute Gasteiger partial charge is 0.337 e. The molecule has 0 aromatic heterocycles. The zero-order chi connectivity index (χ0) is 21.2. The molecule has 0 unspecified atom stereocenters. The molecule has 0 bridgehead atoms. The highest BCUT2D eigenvalue weighted by molar-refractivity contribution is 6.09. The quantitative estimate of drug-likeness (QED) is 0.757. The zero-order valence-electron chi connectivity index (χ0n) is 16.1. The van der Waals surface area contributed by atoms with Crippen LogP contribution in [0.3, 0.4) is 0 Å². The first kappa shape index (κ1) is 20.4. The molecule has 1 aliphatic rings. The lowest BCUT2D eigenvalue weighted by atomic mass is 9.91. The Balaban J connectivity index is 1.79. The molecule has 1 fully saturated rings. The van der Waals surface area contributed by atoms with Crippen molar-refractivity contribution in [2.24, 2.45) is 0 Å². The summed E-state index contributed by atoms with van der Waals surface area (Å²) in [7, 11) is 0. The Morgan fingerprint density at radius 1 is 1.14 bits per heavy atom. The van der Waals surface area contributed by atoms with E-state index >= 15 is 0 Å². The van der Waals surface area contributed by atoms with Gasteiger partial charge in [0.05, 0.1) is 0 Å². The van der Waals surface area contributed by atoms with Gasteiger partial charge in [-0.3, -0.25) is 14.5 Å². The molecule has 1 N–H and O–H groups in total. The summed E-state index contributed by atoms with van der Waals surface area (Å²) in [4.78, 5) is 40.2. The first-order valence-electron chi connectivity index (χ1n) is 9.17. The maximum Gasteiger partial charge on any atom is 0.325 e. The summed E-state index contributed by atoms with van der Waals surface area (Å²) < 4.78 is 27.8. The predicted octanol–water partition coefficient (Wildman–Crippen LogP) is 2.78. The minimum atomic E-state index is -1.79. The lowest BCUT2D eigenvalue weighted by Crippen LogP contribution is -2.44. The van der Waals surface area contributed by atoms with E-state index < -0.39 is 41.6 Å². The molecule has 0 aliphatic carbocycles. The minimum Gasteiger partial charge on any atom is -0.337 e. The maximum absolute atomic E-state index is 14.2. The Kier molecular flexibility index (Phi) is 5.63. The molecule has 0 saturated carbocycles. The number of likely N-dealkylation sites (N-methyl/N-ethyl adjacent to an activating group) is 1. The van der Waals surface area contributed by atoms with Crippen LogP contribution < -0.4 is 5.32 Å². The van der Waals surface area contributed by atoms with E-state index in [9.17, 15) is 23.2 Å². The molecule has 3 rings (SSSR count). The Morgan fingerprint density at radius 2 is 1.83 bits per heavy atom. The smallest absolute Gasteiger partial charge is 0.325 e. The van der Waals surface area contributed by atoms with Crippen molar-refractivity contribution in [3.05, 3.63) is 71.3 Å². The van der Waals surface area contributed by atoms with Crippen molar-refractivity contribution in [1.82, 2.24) is 15.1 Å². The van der Waals surface area contributed by atoms with Crippen LogP contribution in [-0.4, -0.2) is 40.7 Å². The van der Waals surface area contributed by atoms with Gasteiger partial charge in [-0.15, -0.1) is 0 Å². The average Bonchev–Trinajstić information content (AvgIpc) is 2.92. The van der Waals surface area contributed by atoms with Crippen LogP contribution in [0, 0.1) is 11.6 Å². The number of amides is 4. The van der Waals surface area contributed by atoms with E-state index in [-0.39, 0.29) is 5.56 Å². The van der Waals surface area contributed by atoms with Gasteiger partial charge in [-0.05, 0) is 37.6 Å². The summed E-state index contributed by atoms with van der Waals surface area (Å²) in [6, 6.07) is 11.2. The fourth-order valence-corrected chi connectivity index (χ4v) is 3.32. The van der Waals surface area contributed by atoms with Gasteiger partial charge in [0, 0.05) is 18.7 Å². The van der Waals surface area contributed by atoms with Gasteiger partial charge in [-0.1, -0.05) is 30.3 Å². The molecule has 1 aliphatic heterocycles. The number of halogens is 2. The van der Waals surface area contributed by atoms with Gasteiger partial charge in [0.25, 0.3) is 5.91 Å². The molecule has 152 valence electrons. The van der Waals surface area contributed by atoms with Crippen molar-refractivity contribution >= 4 is 17.8 Å². The lowest BCUT2D eigenvalue weighted by molar-refractivity contribution is -0.139. The fraction of sp³-hybridized carbons (Fsp3) is 0.286. The second kappa shape index (κ2) is 7.98. The number of carbonyl (C=O) groups is 3. The highest BCUT2D eigenvalue weighted by Crippen LogP contribution is 2.31. The number of rotatable bonds is 6. The van der Waals surface area contributed by atoms with E-state index in [0.29, 0.717) is 13.1 Å².